The van der Waals surface area contributed by atoms with Gasteiger partial charge in [-0.25, -0.2) is 9.78 Å². The molecule has 0 atom stereocenters. The van der Waals surface area contributed by atoms with E-state index in [1.165, 1.54) is 0 Å². The zero-order valence-electron chi connectivity index (χ0n) is 14.1. The summed E-state index contributed by atoms with van der Waals surface area (Å²) in [5.74, 6) is -0.365. The molecule has 3 heterocycles. The number of nitrogens with zero attached hydrogens (tertiary/aromatic N) is 3. The minimum absolute atomic E-state index is 0.135. The summed E-state index contributed by atoms with van der Waals surface area (Å²) in [4.78, 5) is 21.6. The van der Waals surface area contributed by atoms with Gasteiger partial charge >= 0.3 is 5.97 Å². The molecule has 0 spiro atoms. The Kier molecular flexibility index (Phi) is 3.69. The number of fused-ring (bicyclic) bond motifs is 2. The number of ether oxygens (including phenoxy) is 1. The Hall–Kier alpha value is -3.21. The van der Waals surface area contributed by atoms with Crippen molar-refractivity contribution in [3.8, 4) is 0 Å². The maximum Gasteiger partial charge on any atom is 0.339 e. The molecule has 1 aromatic carbocycles. The van der Waals surface area contributed by atoms with Crippen LogP contribution in [0.1, 0.15) is 27.3 Å². The summed E-state index contributed by atoms with van der Waals surface area (Å²) in [7, 11) is 0. The predicted molar refractivity (Wildman–Crippen MR) is 95.5 cm³/mol. The summed E-state index contributed by atoms with van der Waals surface area (Å²) < 4.78 is 7.44. The monoisotopic (exact) mass is 331 g/mol. The Balaban J connectivity index is 1.61. The van der Waals surface area contributed by atoms with E-state index in [2.05, 4.69) is 9.97 Å². The molecular formula is C20H17N3O2. The van der Waals surface area contributed by atoms with Gasteiger partial charge in [0.2, 0.25) is 0 Å². The number of esters is 1. The molecule has 0 saturated heterocycles. The number of imidazole rings is 1. The van der Waals surface area contributed by atoms with E-state index in [4.69, 9.17) is 4.74 Å². The van der Waals surface area contributed by atoms with Crippen molar-refractivity contribution in [1.82, 2.24) is 14.4 Å². The van der Waals surface area contributed by atoms with Gasteiger partial charge in [-0.05, 0) is 37.6 Å². The van der Waals surface area contributed by atoms with Crippen LogP contribution < -0.4 is 0 Å². The Morgan fingerprint density at radius 1 is 1.12 bits per heavy atom. The van der Waals surface area contributed by atoms with Crippen molar-refractivity contribution in [3.63, 3.8) is 0 Å². The predicted octanol–water partition coefficient (Wildman–Crippen LogP) is 3.86. The molecule has 25 heavy (non-hydrogen) atoms. The fourth-order valence-corrected chi connectivity index (χ4v) is 2.97. The van der Waals surface area contributed by atoms with E-state index < -0.39 is 0 Å². The van der Waals surface area contributed by atoms with E-state index in [9.17, 15) is 4.79 Å². The highest BCUT2D eigenvalue weighted by Gasteiger charge is 2.14. The van der Waals surface area contributed by atoms with E-state index in [-0.39, 0.29) is 12.6 Å². The summed E-state index contributed by atoms with van der Waals surface area (Å²) in [5.41, 5.74) is 4.78. The molecule has 4 rings (SSSR count). The van der Waals surface area contributed by atoms with Gasteiger partial charge in [-0.2, -0.15) is 0 Å². The number of pyridine rings is 2. The Bertz CT molecular complexity index is 1100. The number of aryl methyl sites for hydroxylation is 2. The summed E-state index contributed by atoms with van der Waals surface area (Å²) in [6.07, 6.45) is 3.81. The molecule has 0 saturated carbocycles. The van der Waals surface area contributed by atoms with Gasteiger partial charge < -0.3 is 9.14 Å². The number of aromatic nitrogens is 3. The van der Waals surface area contributed by atoms with Crippen LogP contribution in [0.5, 0.6) is 0 Å². The van der Waals surface area contributed by atoms with Gasteiger partial charge in [0.1, 0.15) is 12.3 Å². The van der Waals surface area contributed by atoms with Crippen LogP contribution in [-0.2, 0) is 11.3 Å². The van der Waals surface area contributed by atoms with Gasteiger partial charge in [-0.3, -0.25) is 4.98 Å². The smallest absolute Gasteiger partial charge is 0.339 e. The van der Waals surface area contributed by atoms with Gasteiger partial charge in [-0.1, -0.05) is 24.3 Å². The van der Waals surface area contributed by atoms with E-state index in [0.717, 1.165) is 33.5 Å². The lowest BCUT2D eigenvalue weighted by Crippen LogP contribution is -2.07. The lowest BCUT2D eigenvalue weighted by molar-refractivity contribution is 0.0470. The summed E-state index contributed by atoms with van der Waals surface area (Å²) in [6, 6.07) is 13.3. The zero-order valence-corrected chi connectivity index (χ0v) is 14.1. The quantitative estimate of drug-likeness (QED) is 0.535. The van der Waals surface area contributed by atoms with Crippen LogP contribution in [0.25, 0.3) is 16.6 Å². The van der Waals surface area contributed by atoms with Gasteiger partial charge in [0, 0.05) is 23.5 Å². The third-order valence-corrected chi connectivity index (χ3v) is 4.14. The van der Waals surface area contributed by atoms with Gasteiger partial charge in [-0.15, -0.1) is 0 Å². The van der Waals surface area contributed by atoms with Gasteiger partial charge in [0.15, 0.2) is 0 Å². The van der Waals surface area contributed by atoms with E-state index in [1.807, 2.05) is 67.0 Å². The molecule has 3 aromatic heterocycles. The van der Waals surface area contributed by atoms with E-state index in [0.29, 0.717) is 5.56 Å². The van der Waals surface area contributed by atoms with Crippen molar-refractivity contribution in [2.24, 2.45) is 0 Å². The fourth-order valence-electron chi connectivity index (χ4n) is 2.97. The maximum atomic E-state index is 12.6. The largest absolute Gasteiger partial charge is 0.455 e. The van der Waals surface area contributed by atoms with Gasteiger partial charge in [0.25, 0.3) is 0 Å². The van der Waals surface area contributed by atoms with Crippen LogP contribution in [-0.4, -0.2) is 20.3 Å². The highest BCUT2D eigenvalue weighted by Crippen LogP contribution is 2.20. The average Bonchev–Trinajstić information content (AvgIpc) is 3.03. The third-order valence-electron chi connectivity index (χ3n) is 4.14. The first-order valence-corrected chi connectivity index (χ1v) is 8.08. The van der Waals surface area contributed by atoms with Crippen molar-refractivity contribution in [2.45, 2.75) is 20.5 Å². The minimum atomic E-state index is -0.365. The van der Waals surface area contributed by atoms with E-state index in [1.54, 1.807) is 6.07 Å². The molecule has 124 valence electrons. The molecule has 0 radical (unpaired) electrons. The standard InChI is InChI=1S/C20H17N3O2/c1-13-6-5-9-23-11-15(22-19(13)23)12-25-20(24)17-10-14(2)21-18-8-4-3-7-16(17)18/h3-11H,12H2,1-2H3. The second-order valence-corrected chi connectivity index (χ2v) is 6.06. The topological polar surface area (TPSA) is 56.5 Å². The molecule has 5 heteroatoms. The van der Waals surface area contributed by atoms with Crippen molar-refractivity contribution in [2.75, 3.05) is 0 Å². The molecular weight excluding hydrogens is 314 g/mol. The first-order valence-electron chi connectivity index (χ1n) is 8.08. The normalized spacial score (nSPS) is 11.1. The molecule has 0 aliphatic rings. The van der Waals surface area contributed by atoms with Gasteiger partial charge in [0.05, 0.1) is 16.8 Å². The fraction of sp³-hybridized carbons (Fsp3) is 0.150. The minimum Gasteiger partial charge on any atom is -0.455 e. The second-order valence-electron chi connectivity index (χ2n) is 6.06. The Morgan fingerprint density at radius 2 is 1.96 bits per heavy atom. The van der Waals surface area contributed by atoms with Crippen molar-refractivity contribution in [1.29, 1.82) is 0 Å². The Morgan fingerprint density at radius 3 is 2.80 bits per heavy atom. The molecule has 5 nitrogen and oxygen atoms in total. The van der Waals surface area contributed by atoms with Crippen molar-refractivity contribution in [3.05, 3.63) is 77.4 Å². The molecule has 0 fully saturated rings. The number of hydrogen-bond donors (Lipinski definition) is 0. The SMILES string of the molecule is Cc1cc(C(=O)OCc2cn3cccc(C)c3n2)c2ccccc2n1. The summed E-state index contributed by atoms with van der Waals surface area (Å²) >= 11 is 0. The molecule has 0 N–H and O–H groups in total. The van der Waals surface area contributed by atoms with Crippen molar-refractivity contribution >= 4 is 22.5 Å². The number of carbonyl (C=O) groups excluding carboxylic acids is 1. The highest BCUT2D eigenvalue weighted by molar-refractivity contribution is 6.03. The van der Waals surface area contributed by atoms with E-state index >= 15 is 0 Å². The molecule has 4 aromatic rings. The van der Waals surface area contributed by atoms with Crippen molar-refractivity contribution < 1.29 is 9.53 Å². The van der Waals surface area contributed by atoms with Crippen LogP contribution in [0.4, 0.5) is 0 Å². The number of carbonyl (C=O) groups is 1. The number of para-hydroxylation sites is 1. The summed E-state index contributed by atoms with van der Waals surface area (Å²) in [5, 5.41) is 0.795. The maximum absolute atomic E-state index is 12.6. The molecule has 0 aliphatic carbocycles. The van der Waals surface area contributed by atoms with Crippen LogP contribution in [0.3, 0.4) is 0 Å². The highest BCUT2D eigenvalue weighted by atomic mass is 16.5. The molecule has 0 unspecified atom stereocenters. The number of hydrogen-bond acceptors (Lipinski definition) is 4. The number of rotatable bonds is 3. The Labute approximate surface area is 144 Å². The molecule has 0 amide bonds. The first-order chi connectivity index (χ1) is 12.1. The lowest BCUT2D eigenvalue weighted by atomic mass is 10.1. The third kappa shape index (κ3) is 2.85. The second kappa shape index (κ2) is 6.02. The average molecular weight is 331 g/mol. The first kappa shape index (κ1) is 15.3. The molecule has 0 bridgehead atoms. The zero-order chi connectivity index (χ0) is 17.4. The summed E-state index contributed by atoms with van der Waals surface area (Å²) in [6.45, 7) is 4.01. The van der Waals surface area contributed by atoms with Crippen LogP contribution in [0.15, 0.2) is 54.9 Å². The van der Waals surface area contributed by atoms with Crippen LogP contribution in [0.2, 0.25) is 0 Å². The number of benzene rings is 1. The molecule has 0 aliphatic heterocycles. The lowest BCUT2D eigenvalue weighted by Gasteiger charge is -2.07. The van der Waals surface area contributed by atoms with Crippen LogP contribution in [0, 0.1) is 13.8 Å². The van der Waals surface area contributed by atoms with Crippen LogP contribution >= 0.6 is 0 Å².